The zero-order valence-corrected chi connectivity index (χ0v) is 18.4. The Morgan fingerprint density at radius 1 is 1.39 bits per heavy atom. The molecule has 33 heavy (non-hydrogen) atoms. The lowest BCUT2D eigenvalue weighted by atomic mass is 10.1. The van der Waals surface area contributed by atoms with Gasteiger partial charge in [-0.2, -0.15) is 15.3 Å². The molecule has 0 spiro atoms. The number of rotatable bonds is 5. The third kappa shape index (κ3) is 4.77. The predicted octanol–water partition coefficient (Wildman–Crippen LogP) is 0.751. The van der Waals surface area contributed by atoms with Gasteiger partial charge in [-0.1, -0.05) is 5.92 Å². The predicted molar refractivity (Wildman–Crippen MR) is 121 cm³/mol. The van der Waals surface area contributed by atoms with Crippen molar-refractivity contribution < 1.29 is 9.53 Å². The Morgan fingerprint density at radius 3 is 3.00 bits per heavy atom. The summed E-state index contributed by atoms with van der Waals surface area (Å²) < 4.78 is 6.96. The van der Waals surface area contributed by atoms with Gasteiger partial charge in [-0.05, 0) is 18.8 Å². The summed E-state index contributed by atoms with van der Waals surface area (Å²) in [4.78, 5) is 26.2. The van der Waals surface area contributed by atoms with Gasteiger partial charge in [0.2, 0.25) is 11.8 Å². The summed E-state index contributed by atoms with van der Waals surface area (Å²) >= 11 is 0. The van der Waals surface area contributed by atoms with Crippen molar-refractivity contribution >= 4 is 28.6 Å². The number of nitrogens with one attached hydrogen (secondary N) is 1. The molecule has 1 saturated heterocycles. The van der Waals surface area contributed by atoms with Crippen molar-refractivity contribution in [3.63, 3.8) is 0 Å². The van der Waals surface area contributed by atoms with Gasteiger partial charge in [-0.3, -0.25) is 9.48 Å². The molecule has 0 aliphatic carbocycles. The second kappa shape index (κ2) is 9.40. The van der Waals surface area contributed by atoms with Gasteiger partial charge in [0.1, 0.15) is 17.5 Å². The fourth-order valence-corrected chi connectivity index (χ4v) is 3.89. The Morgan fingerprint density at radius 2 is 2.24 bits per heavy atom. The molecular formula is C22H23N9O2. The fourth-order valence-electron chi connectivity index (χ4n) is 3.89. The highest BCUT2D eigenvalue weighted by molar-refractivity contribution is 5.92. The molecule has 3 aromatic heterocycles. The van der Waals surface area contributed by atoms with Crippen molar-refractivity contribution in [3.05, 3.63) is 29.7 Å². The number of anilines is 2. The number of methoxy groups -OCH3 is 1. The molecule has 11 heteroatoms. The molecule has 4 rings (SSSR count). The van der Waals surface area contributed by atoms with Crippen LogP contribution in [0.4, 0.5) is 11.8 Å². The van der Waals surface area contributed by atoms with Crippen LogP contribution in [0.5, 0.6) is 5.88 Å². The van der Waals surface area contributed by atoms with Crippen LogP contribution in [-0.4, -0.2) is 56.9 Å². The number of amides is 1. The van der Waals surface area contributed by atoms with E-state index in [1.165, 1.54) is 13.3 Å². The molecule has 168 valence electrons. The minimum Gasteiger partial charge on any atom is -0.480 e. The second-order valence-electron chi connectivity index (χ2n) is 7.63. The lowest BCUT2D eigenvalue weighted by Crippen LogP contribution is -2.42. The molecular weight excluding hydrogens is 422 g/mol. The van der Waals surface area contributed by atoms with Crippen molar-refractivity contribution in [2.45, 2.75) is 25.3 Å². The van der Waals surface area contributed by atoms with E-state index >= 15 is 0 Å². The number of hydrogen-bond donors (Lipinski definition) is 2. The topological polar surface area (TPSA) is 148 Å². The fraction of sp³-hybridized carbons (Fsp3) is 0.364. The van der Waals surface area contributed by atoms with Crippen LogP contribution in [0.3, 0.4) is 0 Å². The van der Waals surface area contributed by atoms with Gasteiger partial charge in [0.05, 0.1) is 30.9 Å². The number of aryl methyl sites for hydroxylation is 1. The molecule has 0 radical (unpaired) electrons. The maximum atomic E-state index is 10.9. The summed E-state index contributed by atoms with van der Waals surface area (Å²) in [6, 6.07) is 4.14. The van der Waals surface area contributed by atoms with E-state index in [-0.39, 0.29) is 11.9 Å². The first-order chi connectivity index (χ1) is 16.0. The number of pyridine rings is 1. The largest absolute Gasteiger partial charge is 0.480 e. The molecule has 1 amide bonds. The number of aromatic nitrogens is 5. The molecule has 1 atom stereocenters. The first kappa shape index (κ1) is 21.8. The second-order valence-corrected chi connectivity index (χ2v) is 7.63. The number of carbonyl (C=O) groups is 1. The molecule has 11 nitrogen and oxygen atoms in total. The van der Waals surface area contributed by atoms with Gasteiger partial charge in [0.25, 0.3) is 5.91 Å². The standard InChI is InChI=1S/C22H23N9O2/c1-30-18-9-20(25-12-16(18)17(29-30)6-3-7-19(24)32)31-8-4-5-15(13-31)27-22-26-11-14(10-23)21(28-22)33-2/h9,11-12,15H,4-6,8,13H2,1-2H3,(H2,24,32)(H,26,27,28). The van der Waals surface area contributed by atoms with Crippen molar-refractivity contribution in [3.8, 4) is 23.8 Å². The maximum absolute atomic E-state index is 10.9. The van der Waals surface area contributed by atoms with Crippen LogP contribution in [0, 0.1) is 23.2 Å². The molecule has 1 aliphatic rings. The average Bonchev–Trinajstić information content (AvgIpc) is 3.13. The highest BCUT2D eigenvalue weighted by Crippen LogP contribution is 2.25. The molecule has 1 fully saturated rings. The minimum atomic E-state index is -0.659. The third-order valence-corrected chi connectivity index (χ3v) is 5.41. The van der Waals surface area contributed by atoms with Crippen LogP contribution < -0.4 is 20.7 Å². The number of nitriles is 1. The van der Waals surface area contributed by atoms with Crippen molar-refractivity contribution in [1.82, 2.24) is 24.7 Å². The summed E-state index contributed by atoms with van der Waals surface area (Å²) in [5.74, 6) is 5.95. The van der Waals surface area contributed by atoms with E-state index in [2.05, 4.69) is 42.1 Å². The zero-order valence-electron chi connectivity index (χ0n) is 18.4. The number of nitrogens with two attached hydrogens (primary N) is 1. The minimum absolute atomic E-state index is 0.111. The Balaban J connectivity index is 1.50. The van der Waals surface area contributed by atoms with Gasteiger partial charge in [-0.25, -0.2) is 9.97 Å². The van der Waals surface area contributed by atoms with Crippen molar-refractivity contribution in [2.75, 3.05) is 30.4 Å². The van der Waals surface area contributed by atoms with Crippen LogP contribution in [0.15, 0.2) is 18.5 Å². The van der Waals surface area contributed by atoms with E-state index < -0.39 is 5.91 Å². The molecule has 0 bridgehead atoms. The van der Waals surface area contributed by atoms with Crippen molar-refractivity contribution in [1.29, 1.82) is 5.26 Å². The number of nitrogens with zero attached hydrogens (tertiary/aromatic N) is 7. The van der Waals surface area contributed by atoms with Crippen LogP contribution in [0.2, 0.25) is 0 Å². The summed E-state index contributed by atoms with van der Waals surface area (Å²) in [5.41, 5.74) is 7.06. The molecule has 1 unspecified atom stereocenters. The molecule has 4 heterocycles. The molecule has 0 aromatic carbocycles. The molecule has 3 aromatic rings. The third-order valence-electron chi connectivity index (χ3n) is 5.41. The maximum Gasteiger partial charge on any atom is 0.293 e. The Bertz CT molecular complexity index is 1300. The summed E-state index contributed by atoms with van der Waals surface area (Å²) in [7, 11) is 3.35. The van der Waals surface area contributed by atoms with E-state index in [9.17, 15) is 4.79 Å². The smallest absolute Gasteiger partial charge is 0.293 e. The molecule has 0 saturated carbocycles. The van der Waals surface area contributed by atoms with Gasteiger partial charge < -0.3 is 20.7 Å². The van der Waals surface area contributed by atoms with Gasteiger partial charge >= 0.3 is 0 Å². The number of hydrogen-bond acceptors (Lipinski definition) is 9. The average molecular weight is 445 g/mol. The van der Waals surface area contributed by atoms with E-state index in [1.807, 2.05) is 19.2 Å². The van der Waals surface area contributed by atoms with Crippen LogP contribution >= 0.6 is 0 Å². The number of carbonyl (C=O) groups excluding carboxylic acids is 1. The Kier molecular flexibility index (Phi) is 6.22. The number of piperidine rings is 1. The van der Waals surface area contributed by atoms with Crippen LogP contribution in [0.25, 0.3) is 10.9 Å². The highest BCUT2D eigenvalue weighted by atomic mass is 16.5. The monoisotopic (exact) mass is 445 g/mol. The van der Waals surface area contributed by atoms with Gasteiger partial charge in [0.15, 0.2) is 0 Å². The van der Waals surface area contributed by atoms with E-state index in [1.54, 1.807) is 10.9 Å². The quantitative estimate of drug-likeness (QED) is 0.543. The SMILES string of the molecule is COc1nc(NC2CCCN(c3cc4c(cn3)c(CC#CC(N)=O)nn4C)C2)ncc1C#N. The molecule has 3 N–H and O–H groups in total. The van der Waals surface area contributed by atoms with Crippen LogP contribution in [0.1, 0.15) is 24.1 Å². The van der Waals surface area contributed by atoms with Gasteiger partial charge in [-0.15, -0.1) is 0 Å². The molecule has 1 aliphatic heterocycles. The number of ether oxygens (including phenoxy) is 1. The first-order valence-corrected chi connectivity index (χ1v) is 10.4. The summed E-state index contributed by atoms with van der Waals surface area (Å²) in [6.45, 7) is 1.60. The lowest BCUT2D eigenvalue weighted by molar-refractivity contribution is -0.112. The zero-order chi connectivity index (χ0) is 23.4. The summed E-state index contributed by atoms with van der Waals surface area (Å²) in [6.07, 6.45) is 5.51. The normalized spacial score (nSPS) is 15.4. The van der Waals surface area contributed by atoms with Gasteiger partial charge in [0, 0.05) is 43.8 Å². The van der Waals surface area contributed by atoms with Crippen LogP contribution in [-0.2, 0) is 18.3 Å². The Hall–Kier alpha value is -4.38. The highest BCUT2D eigenvalue weighted by Gasteiger charge is 2.23. The van der Waals surface area contributed by atoms with Crippen molar-refractivity contribution in [2.24, 2.45) is 12.8 Å². The number of fused-ring (bicyclic) bond motifs is 1. The first-order valence-electron chi connectivity index (χ1n) is 10.4. The van der Waals surface area contributed by atoms with E-state index in [0.29, 0.717) is 17.9 Å². The summed E-state index contributed by atoms with van der Waals surface area (Å²) in [5, 5.41) is 17.9. The van der Waals surface area contributed by atoms with E-state index in [4.69, 9.17) is 15.7 Å². The number of primary amides is 1. The lowest BCUT2D eigenvalue weighted by Gasteiger charge is -2.34. The van der Waals surface area contributed by atoms with E-state index in [0.717, 1.165) is 48.3 Å². The Labute approximate surface area is 190 Å².